The van der Waals surface area contributed by atoms with E-state index in [1.54, 1.807) is 26.0 Å². The zero-order valence-electron chi connectivity index (χ0n) is 14.0. The van der Waals surface area contributed by atoms with Crippen molar-refractivity contribution in [2.75, 3.05) is 6.54 Å². The van der Waals surface area contributed by atoms with Crippen molar-refractivity contribution in [2.24, 2.45) is 5.73 Å². The van der Waals surface area contributed by atoms with Gasteiger partial charge in [-0.25, -0.2) is 8.78 Å². The van der Waals surface area contributed by atoms with Gasteiger partial charge >= 0.3 is 0 Å². The Morgan fingerprint density at radius 2 is 1.84 bits per heavy atom. The molecule has 2 aromatic carbocycles. The number of benzene rings is 2. The minimum absolute atomic E-state index is 0. The van der Waals surface area contributed by atoms with Crippen LogP contribution in [-0.4, -0.2) is 18.0 Å². The van der Waals surface area contributed by atoms with Gasteiger partial charge in [-0.1, -0.05) is 30.3 Å². The van der Waals surface area contributed by atoms with E-state index >= 15 is 0 Å². The molecule has 2 aromatic rings. The number of nitrogens with two attached hydrogens (primary N) is 1. The summed E-state index contributed by atoms with van der Waals surface area (Å²) < 4.78 is 27.0. The summed E-state index contributed by atoms with van der Waals surface area (Å²) in [4.78, 5) is 12.8. The van der Waals surface area contributed by atoms with Gasteiger partial charge < -0.3 is 11.1 Å². The lowest BCUT2D eigenvalue weighted by Gasteiger charge is -2.22. The number of hydrogen-bond acceptors (Lipinski definition) is 3. The molecule has 0 aliphatic carbocycles. The van der Waals surface area contributed by atoms with Crippen LogP contribution in [0.2, 0.25) is 0 Å². The molecule has 0 spiro atoms. The van der Waals surface area contributed by atoms with Crippen molar-refractivity contribution in [3.63, 3.8) is 0 Å². The highest BCUT2D eigenvalue weighted by Crippen LogP contribution is 2.37. The van der Waals surface area contributed by atoms with Crippen molar-refractivity contribution in [3.05, 3.63) is 65.7 Å². The number of nitrogens with one attached hydrogen (secondary N) is 1. The molecule has 0 radical (unpaired) electrons. The second-order valence-electron chi connectivity index (χ2n) is 6.19. The van der Waals surface area contributed by atoms with Gasteiger partial charge in [0.25, 0.3) is 0 Å². The molecule has 0 saturated carbocycles. The number of rotatable bonds is 6. The van der Waals surface area contributed by atoms with Crippen LogP contribution >= 0.6 is 24.2 Å². The average Bonchev–Trinajstić information content (AvgIpc) is 2.52. The molecule has 0 saturated heterocycles. The molecular formula is C18H21ClF2N2OS. The van der Waals surface area contributed by atoms with Gasteiger partial charge in [-0.05, 0) is 31.5 Å². The maximum atomic E-state index is 14.0. The lowest BCUT2D eigenvalue weighted by Crippen LogP contribution is -2.46. The molecule has 2 rings (SSSR count). The molecule has 136 valence electrons. The molecule has 0 aliphatic rings. The monoisotopic (exact) mass is 386 g/mol. The predicted octanol–water partition coefficient (Wildman–Crippen LogP) is 4.07. The Balaban J connectivity index is 0.00000312. The first-order valence-electron chi connectivity index (χ1n) is 7.49. The van der Waals surface area contributed by atoms with Crippen molar-refractivity contribution in [3.8, 4) is 0 Å². The minimum Gasteiger partial charge on any atom is -0.353 e. The van der Waals surface area contributed by atoms with E-state index in [-0.39, 0.29) is 23.2 Å². The Kier molecular flexibility index (Phi) is 7.86. The number of carbonyl (C=O) groups excluding carboxylic acids is 1. The molecule has 1 amide bonds. The molecule has 25 heavy (non-hydrogen) atoms. The summed E-state index contributed by atoms with van der Waals surface area (Å²) >= 11 is 1.04. The average molecular weight is 387 g/mol. The Morgan fingerprint density at radius 3 is 2.40 bits per heavy atom. The summed E-state index contributed by atoms with van der Waals surface area (Å²) in [5.74, 6) is -1.61. The number of amides is 1. The number of hydrogen-bond donors (Lipinski definition) is 2. The van der Waals surface area contributed by atoms with Gasteiger partial charge in [0.15, 0.2) is 0 Å². The zero-order valence-corrected chi connectivity index (χ0v) is 15.6. The SMILES string of the molecule is CC(C)(N)CNC(=O)C(Sc1ccc(F)cc1F)c1ccccc1.Cl. The van der Waals surface area contributed by atoms with Gasteiger partial charge in [-0.3, -0.25) is 4.79 Å². The van der Waals surface area contributed by atoms with Crippen LogP contribution in [-0.2, 0) is 4.79 Å². The molecule has 1 atom stereocenters. The van der Waals surface area contributed by atoms with Crippen molar-refractivity contribution in [2.45, 2.75) is 29.5 Å². The van der Waals surface area contributed by atoms with Crippen LogP contribution in [0.15, 0.2) is 53.4 Å². The molecule has 3 nitrogen and oxygen atoms in total. The number of thioether (sulfide) groups is 1. The van der Waals surface area contributed by atoms with E-state index in [1.807, 2.05) is 18.2 Å². The molecule has 0 fully saturated rings. The van der Waals surface area contributed by atoms with Gasteiger partial charge in [-0.15, -0.1) is 24.2 Å². The minimum atomic E-state index is -0.687. The summed E-state index contributed by atoms with van der Waals surface area (Å²) in [6, 6.07) is 12.4. The van der Waals surface area contributed by atoms with Crippen LogP contribution in [0.25, 0.3) is 0 Å². The fourth-order valence-corrected chi connectivity index (χ4v) is 3.06. The Morgan fingerprint density at radius 1 is 1.20 bits per heavy atom. The molecule has 0 heterocycles. The van der Waals surface area contributed by atoms with Crippen LogP contribution in [0.5, 0.6) is 0 Å². The summed E-state index contributed by atoms with van der Waals surface area (Å²) in [5.41, 5.74) is 6.07. The fourth-order valence-electron chi connectivity index (χ4n) is 2.01. The third-order valence-corrected chi connectivity index (χ3v) is 4.50. The van der Waals surface area contributed by atoms with Crippen molar-refractivity contribution >= 4 is 30.1 Å². The first-order chi connectivity index (χ1) is 11.3. The molecule has 0 aliphatic heterocycles. The van der Waals surface area contributed by atoms with E-state index in [4.69, 9.17) is 5.73 Å². The Bertz CT molecular complexity index is 708. The van der Waals surface area contributed by atoms with Crippen LogP contribution in [0.3, 0.4) is 0 Å². The van der Waals surface area contributed by atoms with Crippen LogP contribution in [0, 0.1) is 11.6 Å². The maximum Gasteiger partial charge on any atom is 0.238 e. The Hall–Kier alpha value is -1.63. The van der Waals surface area contributed by atoms with Gasteiger partial charge in [0.05, 0.1) is 0 Å². The lowest BCUT2D eigenvalue weighted by atomic mass is 10.1. The highest BCUT2D eigenvalue weighted by Gasteiger charge is 2.24. The maximum absolute atomic E-state index is 14.0. The summed E-state index contributed by atoms with van der Waals surface area (Å²) in [6.07, 6.45) is 0. The molecule has 0 aromatic heterocycles. The summed E-state index contributed by atoms with van der Waals surface area (Å²) in [7, 11) is 0. The smallest absolute Gasteiger partial charge is 0.238 e. The molecule has 1 unspecified atom stereocenters. The van der Waals surface area contributed by atoms with E-state index in [2.05, 4.69) is 5.32 Å². The standard InChI is InChI=1S/C18H20F2N2OS.ClH/c1-18(2,21)11-22-17(23)16(12-6-4-3-5-7-12)24-15-9-8-13(19)10-14(15)20;/h3-10,16H,11,21H2,1-2H3,(H,22,23);1H. The normalized spacial score (nSPS) is 12.2. The van der Waals surface area contributed by atoms with Crippen molar-refractivity contribution in [1.82, 2.24) is 5.32 Å². The van der Waals surface area contributed by atoms with E-state index in [1.165, 1.54) is 12.1 Å². The van der Waals surface area contributed by atoms with Gasteiger partial charge in [0.1, 0.15) is 16.9 Å². The molecule has 0 bridgehead atoms. The summed E-state index contributed by atoms with van der Waals surface area (Å²) in [6.45, 7) is 3.90. The number of halogens is 3. The third-order valence-electron chi connectivity index (χ3n) is 3.20. The highest BCUT2D eigenvalue weighted by molar-refractivity contribution is 8.00. The largest absolute Gasteiger partial charge is 0.353 e. The van der Waals surface area contributed by atoms with Crippen molar-refractivity contribution < 1.29 is 13.6 Å². The van der Waals surface area contributed by atoms with E-state index in [9.17, 15) is 13.6 Å². The fraction of sp³-hybridized carbons (Fsp3) is 0.278. The highest BCUT2D eigenvalue weighted by atomic mass is 35.5. The second kappa shape index (κ2) is 9.17. The van der Waals surface area contributed by atoms with Crippen molar-refractivity contribution in [1.29, 1.82) is 0 Å². The Labute approximate surface area is 156 Å². The molecular weight excluding hydrogens is 366 g/mol. The van der Waals surface area contributed by atoms with Gasteiger partial charge in [-0.2, -0.15) is 0 Å². The first-order valence-corrected chi connectivity index (χ1v) is 8.37. The topological polar surface area (TPSA) is 55.1 Å². The van der Waals surface area contributed by atoms with Crippen LogP contribution in [0.1, 0.15) is 24.7 Å². The lowest BCUT2D eigenvalue weighted by molar-refractivity contribution is -0.120. The third kappa shape index (κ3) is 6.65. The second-order valence-corrected chi connectivity index (χ2v) is 7.34. The zero-order chi connectivity index (χ0) is 17.7. The van der Waals surface area contributed by atoms with Gasteiger partial charge in [0, 0.05) is 23.0 Å². The van der Waals surface area contributed by atoms with E-state index < -0.39 is 22.4 Å². The van der Waals surface area contributed by atoms with E-state index in [0.29, 0.717) is 6.54 Å². The van der Waals surface area contributed by atoms with Crippen LogP contribution in [0.4, 0.5) is 8.78 Å². The predicted molar refractivity (Wildman–Crippen MR) is 99.9 cm³/mol. The first kappa shape index (κ1) is 21.4. The molecule has 7 heteroatoms. The van der Waals surface area contributed by atoms with Gasteiger partial charge in [0.2, 0.25) is 5.91 Å². The quantitative estimate of drug-likeness (QED) is 0.736. The summed E-state index contributed by atoms with van der Waals surface area (Å²) in [5, 5.41) is 2.13. The van der Waals surface area contributed by atoms with E-state index in [0.717, 1.165) is 23.4 Å². The van der Waals surface area contributed by atoms with Crippen LogP contribution < -0.4 is 11.1 Å². The number of carbonyl (C=O) groups is 1. The molecule has 3 N–H and O–H groups in total.